The van der Waals surface area contributed by atoms with Gasteiger partial charge in [-0.05, 0) is 24.6 Å². The molecule has 3 rings (SSSR count). The number of hydrogen-bond donors (Lipinski definition) is 1. The number of carbonyl (C=O) groups is 1. The molecule has 0 bridgehead atoms. The Morgan fingerprint density at radius 2 is 2.23 bits per heavy atom. The van der Waals surface area contributed by atoms with Gasteiger partial charge in [-0.15, -0.1) is 5.10 Å². The number of aromatic nitrogens is 4. The van der Waals surface area contributed by atoms with E-state index in [0.717, 1.165) is 4.68 Å². The van der Waals surface area contributed by atoms with Crippen LogP contribution in [0.4, 0.5) is 4.39 Å². The highest BCUT2D eigenvalue weighted by molar-refractivity contribution is 6.30. The zero-order valence-corrected chi connectivity index (χ0v) is 14.7. The monoisotopic (exact) mass is 379 g/mol. The van der Waals surface area contributed by atoms with E-state index in [2.05, 4.69) is 15.4 Å². The van der Waals surface area contributed by atoms with Gasteiger partial charge in [0, 0.05) is 12.4 Å². The van der Waals surface area contributed by atoms with E-state index >= 15 is 0 Å². The number of methoxy groups -OCH3 is 1. The van der Waals surface area contributed by atoms with Gasteiger partial charge >= 0.3 is 5.69 Å². The average molecular weight is 380 g/mol. The zero-order valence-electron chi connectivity index (χ0n) is 13.9. The Kier molecular flexibility index (Phi) is 4.90. The maximum Gasteiger partial charge on any atom is 0.351 e. The first kappa shape index (κ1) is 17.9. The van der Waals surface area contributed by atoms with Crippen LogP contribution >= 0.6 is 11.6 Å². The van der Waals surface area contributed by atoms with Crippen molar-refractivity contribution in [3.63, 3.8) is 0 Å². The molecule has 3 aromatic rings. The molecule has 0 fully saturated rings. The second kappa shape index (κ2) is 7.12. The van der Waals surface area contributed by atoms with Gasteiger partial charge in [-0.2, -0.15) is 0 Å². The van der Waals surface area contributed by atoms with Crippen LogP contribution in [0.3, 0.4) is 0 Å². The summed E-state index contributed by atoms with van der Waals surface area (Å²) in [6.07, 6.45) is 2.83. The Morgan fingerprint density at radius 1 is 1.46 bits per heavy atom. The van der Waals surface area contributed by atoms with E-state index in [1.807, 2.05) is 0 Å². The summed E-state index contributed by atoms with van der Waals surface area (Å²) in [6, 6.07) is 3.81. The molecular weight excluding hydrogens is 365 g/mol. The highest BCUT2D eigenvalue weighted by atomic mass is 35.5. The van der Waals surface area contributed by atoms with Crippen LogP contribution in [0.1, 0.15) is 18.5 Å². The predicted molar refractivity (Wildman–Crippen MR) is 91.8 cm³/mol. The molecular formula is C16H15ClFN5O3. The quantitative estimate of drug-likeness (QED) is 0.726. The van der Waals surface area contributed by atoms with Crippen LogP contribution in [0.25, 0.3) is 5.65 Å². The summed E-state index contributed by atoms with van der Waals surface area (Å²) < 4.78 is 20.8. The van der Waals surface area contributed by atoms with Crippen LogP contribution < -0.4 is 15.7 Å². The minimum atomic E-state index is -0.568. The largest absolute Gasteiger partial charge is 0.478 e. The summed E-state index contributed by atoms with van der Waals surface area (Å²) in [7, 11) is 1.41. The van der Waals surface area contributed by atoms with Crippen molar-refractivity contribution in [2.24, 2.45) is 0 Å². The fourth-order valence-corrected chi connectivity index (χ4v) is 2.58. The lowest BCUT2D eigenvalue weighted by molar-refractivity contribution is -0.122. The molecule has 0 unspecified atom stereocenters. The molecule has 0 aliphatic carbocycles. The summed E-state index contributed by atoms with van der Waals surface area (Å²) in [5.41, 5.74) is 0.259. The highest BCUT2D eigenvalue weighted by Gasteiger charge is 2.16. The van der Waals surface area contributed by atoms with E-state index in [1.165, 1.54) is 36.0 Å². The number of amides is 1. The van der Waals surface area contributed by atoms with Crippen molar-refractivity contribution in [3.8, 4) is 5.88 Å². The van der Waals surface area contributed by atoms with Crippen LogP contribution in [0, 0.1) is 5.82 Å². The van der Waals surface area contributed by atoms with Crippen molar-refractivity contribution in [1.29, 1.82) is 0 Å². The number of rotatable bonds is 5. The summed E-state index contributed by atoms with van der Waals surface area (Å²) in [5, 5.41) is 6.76. The molecule has 2 heterocycles. The third-order valence-electron chi connectivity index (χ3n) is 3.78. The maximum absolute atomic E-state index is 13.5. The first-order valence-electron chi connectivity index (χ1n) is 7.63. The lowest BCUT2D eigenvalue weighted by Gasteiger charge is -2.14. The first-order valence-corrected chi connectivity index (χ1v) is 8.01. The number of halogens is 2. The minimum absolute atomic E-state index is 0.00564. The summed E-state index contributed by atoms with van der Waals surface area (Å²) in [6.45, 7) is 1.39. The normalized spacial score (nSPS) is 12.2. The summed E-state index contributed by atoms with van der Waals surface area (Å²) in [4.78, 5) is 28.5. The van der Waals surface area contributed by atoms with E-state index in [9.17, 15) is 14.0 Å². The fourth-order valence-electron chi connectivity index (χ4n) is 2.46. The highest BCUT2D eigenvalue weighted by Crippen LogP contribution is 2.20. The number of hydrogen-bond acceptors (Lipinski definition) is 5. The Labute approximate surface area is 152 Å². The van der Waals surface area contributed by atoms with E-state index < -0.39 is 23.5 Å². The van der Waals surface area contributed by atoms with Crippen molar-refractivity contribution < 1.29 is 13.9 Å². The van der Waals surface area contributed by atoms with Gasteiger partial charge in [0.05, 0.1) is 18.2 Å². The number of ether oxygens (including phenoxy) is 1. The molecule has 1 amide bonds. The van der Waals surface area contributed by atoms with Crippen molar-refractivity contribution in [2.75, 3.05) is 7.11 Å². The van der Waals surface area contributed by atoms with Crippen molar-refractivity contribution >= 4 is 23.2 Å². The standard InChI is InChI=1S/C16H15ClFN5O3/c1-9(10-3-4-11(17)12(18)7-10)20-13(24)8-23-16(25)22-6-5-19-15(26-2)14(22)21-23/h3-7,9H,8H2,1-2H3,(H,20,24)/t9-/m0/s1. The number of carbonyl (C=O) groups excluding carboxylic acids is 1. The Bertz CT molecular complexity index is 1030. The van der Waals surface area contributed by atoms with Crippen LogP contribution in [0.15, 0.2) is 35.4 Å². The lowest BCUT2D eigenvalue weighted by atomic mass is 10.1. The second-order valence-electron chi connectivity index (χ2n) is 5.53. The second-order valence-corrected chi connectivity index (χ2v) is 5.94. The van der Waals surface area contributed by atoms with E-state index in [-0.39, 0.29) is 23.1 Å². The molecule has 0 spiro atoms. The molecule has 1 atom stereocenters. The van der Waals surface area contributed by atoms with Crippen molar-refractivity contribution in [2.45, 2.75) is 19.5 Å². The Hall–Kier alpha value is -2.94. The molecule has 2 aromatic heterocycles. The van der Waals surface area contributed by atoms with Gasteiger partial charge in [0.1, 0.15) is 12.4 Å². The molecule has 1 aromatic carbocycles. The van der Waals surface area contributed by atoms with Crippen LogP contribution in [-0.2, 0) is 11.3 Å². The smallest absolute Gasteiger partial charge is 0.351 e. The Morgan fingerprint density at radius 3 is 2.92 bits per heavy atom. The first-order chi connectivity index (χ1) is 12.4. The minimum Gasteiger partial charge on any atom is -0.478 e. The van der Waals surface area contributed by atoms with Gasteiger partial charge in [-0.3, -0.25) is 4.79 Å². The maximum atomic E-state index is 13.5. The number of benzene rings is 1. The fraction of sp³-hybridized carbons (Fsp3) is 0.250. The molecule has 0 radical (unpaired) electrons. The SMILES string of the molecule is COc1nccn2c(=O)n(CC(=O)N[C@@H](C)c3ccc(Cl)c(F)c3)nc12. The third kappa shape index (κ3) is 3.38. The van der Waals surface area contributed by atoms with Gasteiger partial charge in [0.15, 0.2) is 0 Å². The van der Waals surface area contributed by atoms with Gasteiger partial charge in [-0.25, -0.2) is 23.3 Å². The zero-order chi connectivity index (χ0) is 18.8. The molecule has 8 nitrogen and oxygen atoms in total. The van der Waals surface area contributed by atoms with Crippen LogP contribution in [0.2, 0.25) is 5.02 Å². The third-order valence-corrected chi connectivity index (χ3v) is 4.08. The molecule has 1 N–H and O–H groups in total. The van der Waals surface area contributed by atoms with E-state index in [0.29, 0.717) is 5.56 Å². The molecule has 0 saturated heterocycles. The lowest BCUT2D eigenvalue weighted by Crippen LogP contribution is -2.34. The van der Waals surface area contributed by atoms with Gasteiger partial charge in [-0.1, -0.05) is 17.7 Å². The number of nitrogens with zero attached hydrogens (tertiary/aromatic N) is 4. The molecule has 26 heavy (non-hydrogen) atoms. The van der Waals surface area contributed by atoms with Crippen molar-refractivity contribution in [1.82, 2.24) is 24.5 Å². The van der Waals surface area contributed by atoms with Gasteiger partial charge in [0.2, 0.25) is 11.6 Å². The van der Waals surface area contributed by atoms with Crippen LogP contribution in [-0.4, -0.2) is 32.2 Å². The molecule has 0 saturated carbocycles. The van der Waals surface area contributed by atoms with Crippen LogP contribution in [0.5, 0.6) is 5.88 Å². The van der Waals surface area contributed by atoms with Gasteiger partial charge in [0.25, 0.3) is 5.88 Å². The number of nitrogens with one attached hydrogen (secondary N) is 1. The topological polar surface area (TPSA) is 90.5 Å². The molecule has 0 aliphatic heterocycles. The van der Waals surface area contributed by atoms with Crippen molar-refractivity contribution in [3.05, 3.63) is 57.5 Å². The molecule has 136 valence electrons. The van der Waals surface area contributed by atoms with Gasteiger partial charge < -0.3 is 10.1 Å². The number of fused-ring (bicyclic) bond motifs is 1. The summed E-state index contributed by atoms with van der Waals surface area (Å²) in [5.74, 6) is -0.847. The molecule has 10 heteroatoms. The molecule has 0 aliphatic rings. The average Bonchev–Trinajstić information content (AvgIpc) is 2.93. The van der Waals surface area contributed by atoms with E-state index in [4.69, 9.17) is 16.3 Å². The van der Waals surface area contributed by atoms with E-state index in [1.54, 1.807) is 13.0 Å². The Balaban J connectivity index is 1.77. The predicted octanol–water partition coefficient (Wildman–Crippen LogP) is 1.57. The summed E-state index contributed by atoms with van der Waals surface area (Å²) >= 11 is 5.65.